The van der Waals surface area contributed by atoms with Gasteiger partial charge in [0.2, 0.25) is 0 Å². The van der Waals surface area contributed by atoms with E-state index in [0.717, 1.165) is 11.3 Å². The average molecular weight is 266 g/mol. The zero-order chi connectivity index (χ0) is 14.4. The van der Waals surface area contributed by atoms with Crippen LogP contribution >= 0.6 is 0 Å². The summed E-state index contributed by atoms with van der Waals surface area (Å²) in [5.74, 6) is 5.11. The topological polar surface area (TPSA) is 90.9 Å². The lowest BCUT2D eigenvalue weighted by Gasteiger charge is -2.06. The van der Waals surface area contributed by atoms with Crippen LogP contribution in [0.25, 0.3) is 0 Å². The monoisotopic (exact) mass is 266 g/mol. The minimum atomic E-state index is -0.155. The Labute approximate surface area is 117 Å². The lowest BCUT2D eigenvalue weighted by Crippen LogP contribution is -2.22. The standard InChI is InChI=1S/C15H14N4O/c16-9-11-1-3-12(4-2-11)10-18-15(20)13-5-7-14(19-17)8-6-13/h1-8,19H,10,17H2,(H,18,20). The fraction of sp³-hybridized carbons (Fsp3) is 0.0667. The first-order valence-electron chi connectivity index (χ1n) is 6.07. The number of nitrogens with two attached hydrogens (primary N) is 1. The fourth-order valence-corrected chi connectivity index (χ4v) is 1.70. The van der Waals surface area contributed by atoms with Crippen LogP contribution in [0.4, 0.5) is 5.69 Å². The predicted molar refractivity (Wildman–Crippen MR) is 76.6 cm³/mol. The van der Waals surface area contributed by atoms with E-state index in [1.54, 1.807) is 36.4 Å². The number of amides is 1. The molecule has 0 aliphatic rings. The second-order valence-corrected chi connectivity index (χ2v) is 4.21. The summed E-state index contributed by atoms with van der Waals surface area (Å²) in [6.07, 6.45) is 0. The highest BCUT2D eigenvalue weighted by molar-refractivity contribution is 5.94. The van der Waals surface area contributed by atoms with Crippen molar-refractivity contribution in [2.45, 2.75) is 6.54 Å². The van der Waals surface area contributed by atoms with Gasteiger partial charge in [0.15, 0.2) is 0 Å². The molecular formula is C15H14N4O. The summed E-state index contributed by atoms with van der Waals surface area (Å²) in [7, 11) is 0. The molecule has 0 bridgehead atoms. The van der Waals surface area contributed by atoms with Crippen molar-refractivity contribution in [2.75, 3.05) is 5.43 Å². The first-order valence-corrected chi connectivity index (χ1v) is 6.07. The average Bonchev–Trinajstić information content (AvgIpc) is 2.53. The number of carbonyl (C=O) groups excluding carboxylic acids is 1. The molecule has 0 aromatic heterocycles. The van der Waals surface area contributed by atoms with Gasteiger partial charge in [0, 0.05) is 17.8 Å². The number of carbonyl (C=O) groups is 1. The molecule has 5 heteroatoms. The smallest absolute Gasteiger partial charge is 0.251 e. The Hall–Kier alpha value is -2.84. The van der Waals surface area contributed by atoms with Crippen LogP contribution in [0.5, 0.6) is 0 Å². The molecule has 0 heterocycles. The molecule has 0 fully saturated rings. The number of nitrogens with zero attached hydrogens (tertiary/aromatic N) is 1. The van der Waals surface area contributed by atoms with E-state index in [9.17, 15) is 4.79 Å². The molecule has 0 aliphatic heterocycles. The van der Waals surface area contributed by atoms with Gasteiger partial charge in [-0.1, -0.05) is 12.1 Å². The van der Waals surface area contributed by atoms with Gasteiger partial charge >= 0.3 is 0 Å². The fourth-order valence-electron chi connectivity index (χ4n) is 1.70. The van der Waals surface area contributed by atoms with Crippen molar-refractivity contribution in [3.05, 3.63) is 65.2 Å². The summed E-state index contributed by atoms with van der Waals surface area (Å²) in [4.78, 5) is 11.9. The zero-order valence-corrected chi connectivity index (χ0v) is 10.8. The number of nitriles is 1. The first-order chi connectivity index (χ1) is 9.72. The van der Waals surface area contributed by atoms with Gasteiger partial charge in [-0.3, -0.25) is 10.6 Å². The minimum Gasteiger partial charge on any atom is -0.348 e. The Balaban J connectivity index is 1.95. The van der Waals surface area contributed by atoms with Crippen molar-refractivity contribution in [1.29, 1.82) is 5.26 Å². The molecule has 5 nitrogen and oxygen atoms in total. The van der Waals surface area contributed by atoms with Gasteiger partial charge in [0.1, 0.15) is 0 Å². The third-order valence-electron chi connectivity index (χ3n) is 2.85. The summed E-state index contributed by atoms with van der Waals surface area (Å²) in [5.41, 5.74) is 5.36. The lowest BCUT2D eigenvalue weighted by atomic mass is 10.1. The molecular weight excluding hydrogens is 252 g/mol. The predicted octanol–water partition coefficient (Wildman–Crippen LogP) is 1.77. The number of hydrogen-bond donors (Lipinski definition) is 3. The number of nitrogens with one attached hydrogen (secondary N) is 2. The van der Waals surface area contributed by atoms with E-state index in [0.29, 0.717) is 17.7 Å². The van der Waals surface area contributed by atoms with Gasteiger partial charge in [-0.25, -0.2) is 0 Å². The van der Waals surface area contributed by atoms with Crippen LogP contribution in [-0.4, -0.2) is 5.91 Å². The molecule has 100 valence electrons. The number of hydrazine groups is 1. The van der Waals surface area contributed by atoms with Crippen LogP contribution in [0, 0.1) is 11.3 Å². The van der Waals surface area contributed by atoms with Gasteiger partial charge in [0.05, 0.1) is 11.6 Å². The third kappa shape index (κ3) is 3.34. The van der Waals surface area contributed by atoms with Crippen LogP contribution in [0.1, 0.15) is 21.5 Å². The number of anilines is 1. The molecule has 0 saturated carbocycles. The molecule has 0 aliphatic carbocycles. The molecule has 0 unspecified atom stereocenters. The normalized spacial score (nSPS) is 9.60. The Morgan fingerprint density at radius 1 is 1.10 bits per heavy atom. The summed E-state index contributed by atoms with van der Waals surface area (Å²) in [6.45, 7) is 0.418. The molecule has 1 amide bonds. The summed E-state index contributed by atoms with van der Waals surface area (Å²) in [5, 5.41) is 11.5. The van der Waals surface area contributed by atoms with E-state index in [-0.39, 0.29) is 5.91 Å². The second kappa shape index (κ2) is 6.36. The molecule has 4 N–H and O–H groups in total. The number of nitrogen functional groups attached to an aromatic ring is 1. The van der Waals surface area contributed by atoms with Gasteiger partial charge in [-0.15, -0.1) is 0 Å². The minimum absolute atomic E-state index is 0.155. The zero-order valence-electron chi connectivity index (χ0n) is 10.8. The lowest BCUT2D eigenvalue weighted by molar-refractivity contribution is 0.0951. The van der Waals surface area contributed by atoms with Crippen molar-refractivity contribution in [1.82, 2.24) is 5.32 Å². The van der Waals surface area contributed by atoms with Gasteiger partial charge in [0.25, 0.3) is 5.91 Å². The van der Waals surface area contributed by atoms with Crippen molar-refractivity contribution in [2.24, 2.45) is 5.84 Å². The Bertz CT molecular complexity index is 626. The molecule has 2 rings (SSSR count). The van der Waals surface area contributed by atoms with Crippen LogP contribution < -0.4 is 16.6 Å². The van der Waals surface area contributed by atoms with E-state index in [2.05, 4.69) is 16.8 Å². The molecule has 2 aromatic carbocycles. The van der Waals surface area contributed by atoms with Gasteiger partial charge in [-0.05, 0) is 42.0 Å². The molecule has 0 saturated heterocycles. The van der Waals surface area contributed by atoms with Crippen molar-refractivity contribution < 1.29 is 4.79 Å². The molecule has 2 aromatic rings. The molecule has 0 spiro atoms. The summed E-state index contributed by atoms with van der Waals surface area (Å²) >= 11 is 0. The van der Waals surface area contributed by atoms with Crippen LogP contribution in [0.3, 0.4) is 0 Å². The maximum absolute atomic E-state index is 11.9. The highest BCUT2D eigenvalue weighted by Crippen LogP contribution is 2.08. The number of hydrogen-bond acceptors (Lipinski definition) is 4. The summed E-state index contributed by atoms with van der Waals surface area (Å²) < 4.78 is 0. The van der Waals surface area contributed by atoms with Crippen molar-refractivity contribution >= 4 is 11.6 Å². The largest absolute Gasteiger partial charge is 0.348 e. The third-order valence-corrected chi connectivity index (χ3v) is 2.85. The van der Waals surface area contributed by atoms with E-state index < -0.39 is 0 Å². The highest BCUT2D eigenvalue weighted by Gasteiger charge is 2.04. The maximum Gasteiger partial charge on any atom is 0.251 e. The molecule has 20 heavy (non-hydrogen) atoms. The Morgan fingerprint density at radius 2 is 1.75 bits per heavy atom. The highest BCUT2D eigenvalue weighted by atomic mass is 16.1. The van der Waals surface area contributed by atoms with Crippen molar-refractivity contribution in [3.8, 4) is 6.07 Å². The van der Waals surface area contributed by atoms with Crippen LogP contribution in [-0.2, 0) is 6.54 Å². The second-order valence-electron chi connectivity index (χ2n) is 4.21. The van der Waals surface area contributed by atoms with Gasteiger partial charge in [-0.2, -0.15) is 5.26 Å². The van der Waals surface area contributed by atoms with Crippen molar-refractivity contribution in [3.63, 3.8) is 0 Å². The number of rotatable bonds is 4. The Morgan fingerprint density at radius 3 is 2.30 bits per heavy atom. The van der Waals surface area contributed by atoms with E-state index in [1.165, 1.54) is 0 Å². The maximum atomic E-state index is 11.9. The van der Waals surface area contributed by atoms with E-state index in [4.69, 9.17) is 11.1 Å². The SMILES string of the molecule is N#Cc1ccc(CNC(=O)c2ccc(NN)cc2)cc1. The first kappa shape index (κ1) is 13.6. The summed E-state index contributed by atoms with van der Waals surface area (Å²) in [6, 6.07) is 16.0. The number of benzene rings is 2. The van der Waals surface area contributed by atoms with Crippen LogP contribution in [0.15, 0.2) is 48.5 Å². The van der Waals surface area contributed by atoms with Gasteiger partial charge < -0.3 is 10.7 Å². The Kier molecular flexibility index (Phi) is 4.32. The quantitative estimate of drug-likeness (QED) is 0.581. The molecule has 0 atom stereocenters. The van der Waals surface area contributed by atoms with E-state index >= 15 is 0 Å². The van der Waals surface area contributed by atoms with Crippen LogP contribution in [0.2, 0.25) is 0 Å². The molecule has 0 radical (unpaired) electrons. The van der Waals surface area contributed by atoms with E-state index in [1.807, 2.05) is 12.1 Å².